The van der Waals surface area contributed by atoms with Gasteiger partial charge in [-0.2, -0.15) is 5.21 Å². The molecule has 8 heteroatoms. The molecule has 0 saturated heterocycles. The van der Waals surface area contributed by atoms with Crippen molar-refractivity contribution in [3.05, 3.63) is 66.2 Å². The largest absolute Gasteiger partial charge is 0.344 e. The molecule has 0 bridgehead atoms. The number of fused-ring (bicyclic) bond motifs is 1. The maximum absolute atomic E-state index is 12.7. The number of amides is 1. The van der Waals surface area contributed by atoms with Crippen LogP contribution in [0.4, 0.5) is 0 Å². The van der Waals surface area contributed by atoms with Crippen LogP contribution in [0, 0.1) is 0 Å². The van der Waals surface area contributed by atoms with Crippen LogP contribution in [0.15, 0.2) is 55.0 Å². The van der Waals surface area contributed by atoms with Gasteiger partial charge in [-0.1, -0.05) is 24.3 Å². The number of carbonyl (C=O) groups excluding carboxylic acids is 1. The van der Waals surface area contributed by atoms with E-state index in [1.54, 1.807) is 23.0 Å². The first-order valence-electron chi connectivity index (χ1n) is 7.78. The van der Waals surface area contributed by atoms with Gasteiger partial charge in [-0.3, -0.25) is 9.20 Å². The SMILES string of the molecule is CC(NC(=O)c1cccc2cncn12)c1cccc(-c2nn[nH]n2)c1. The predicted octanol–water partition coefficient (Wildman–Crippen LogP) is 2.01. The fraction of sp³-hybridized carbons (Fsp3) is 0.118. The molecule has 0 spiro atoms. The molecule has 0 aliphatic rings. The van der Waals surface area contributed by atoms with E-state index in [1.807, 2.05) is 43.3 Å². The van der Waals surface area contributed by atoms with Gasteiger partial charge in [0.1, 0.15) is 5.69 Å². The number of aromatic nitrogens is 6. The topological polar surface area (TPSA) is 101 Å². The molecule has 1 atom stereocenters. The average Bonchev–Trinajstić information content (AvgIpc) is 3.33. The van der Waals surface area contributed by atoms with Gasteiger partial charge >= 0.3 is 0 Å². The van der Waals surface area contributed by atoms with Crippen LogP contribution in [0.2, 0.25) is 0 Å². The van der Waals surface area contributed by atoms with Crippen molar-refractivity contribution in [2.75, 3.05) is 0 Å². The van der Waals surface area contributed by atoms with Gasteiger partial charge in [0.2, 0.25) is 5.82 Å². The molecule has 25 heavy (non-hydrogen) atoms. The van der Waals surface area contributed by atoms with Gasteiger partial charge in [0.05, 0.1) is 24.1 Å². The highest BCUT2D eigenvalue weighted by atomic mass is 16.2. The van der Waals surface area contributed by atoms with Gasteiger partial charge in [-0.25, -0.2) is 4.98 Å². The highest BCUT2D eigenvalue weighted by molar-refractivity contribution is 5.93. The number of hydrogen-bond acceptors (Lipinski definition) is 5. The number of carbonyl (C=O) groups is 1. The average molecular weight is 333 g/mol. The van der Waals surface area contributed by atoms with Gasteiger partial charge < -0.3 is 5.32 Å². The van der Waals surface area contributed by atoms with Gasteiger partial charge in [0.25, 0.3) is 5.91 Å². The number of rotatable bonds is 4. The zero-order valence-electron chi connectivity index (χ0n) is 13.4. The second kappa shape index (κ2) is 6.16. The Morgan fingerprint density at radius 3 is 2.96 bits per heavy atom. The van der Waals surface area contributed by atoms with Gasteiger partial charge in [-0.05, 0) is 35.9 Å². The Hall–Kier alpha value is -3.55. The number of aromatic amines is 1. The van der Waals surface area contributed by atoms with Crippen molar-refractivity contribution in [1.29, 1.82) is 0 Å². The molecule has 1 aromatic carbocycles. The smallest absolute Gasteiger partial charge is 0.268 e. The Bertz CT molecular complexity index is 1020. The van der Waals surface area contributed by atoms with Crippen LogP contribution in [0.3, 0.4) is 0 Å². The first-order chi connectivity index (χ1) is 12.2. The fourth-order valence-corrected chi connectivity index (χ4v) is 2.72. The summed E-state index contributed by atoms with van der Waals surface area (Å²) in [7, 11) is 0. The fourth-order valence-electron chi connectivity index (χ4n) is 2.72. The number of hydrogen-bond donors (Lipinski definition) is 2. The van der Waals surface area contributed by atoms with Crippen molar-refractivity contribution in [3.63, 3.8) is 0 Å². The first kappa shape index (κ1) is 15.0. The van der Waals surface area contributed by atoms with E-state index in [1.165, 1.54) is 0 Å². The monoisotopic (exact) mass is 333 g/mol. The van der Waals surface area contributed by atoms with E-state index in [0.717, 1.165) is 16.6 Å². The summed E-state index contributed by atoms with van der Waals surface area (Å²) >= 11 is 0. The standard InChI is InChI=1S/C17H15N7O/c1-11(12-4-2-5-13(8-12)16-20-22-23-21-16)19-17(25)15-7-3-6-14-9-18-10-24(14)15/h2-11H,1H3,(H,19,25)(H,20,21,22,23). The van der Waals surface area contributed by atoms with Crippen LogP contribution in [0.1, 0.15) is 29.0 Å². The summed E-state index contributed by atoms with van der Waals surface area (Å²) in [6.07, 6.45) is 3.35. The second-order valence-corrected chi connectivity index (χ2v) is 5.66. The Labute approximate surface area is 142 Å². The van der Waals surface area contributed by atoms with Crippen molar-refractivity contribution in [2.45, 2.75) is 13.0 Å². The van der Waals surface area contributed by atoms with E-state index >= 15 is 0 Å². The Kier molecular flexibility index (Phi) is 3.70. The van der Waals surface area contributed by atoms with Crippen LogP contribution in [0.25, 0.3) is 16.9 Å². The third-order valence-corrected chi connectivity index (χ3v) is 4.02. The molecule has 1 unspecified atom stereocenters. The lowest BCUT2D eigenvalue weighted by Crippen LogP contribution is -2.28. The summed E-state index contributed by atoms with van der Waals surface area (Å²) in [6, 6.07) is 13.0. The van der Waals surface area contributed by atoms with Crippen molar-refractivity contribution in [1.82, 2.24) is 35.3 Å². The van der Waals surface area contributed by atoms with Crippen LogP contribution < -0.4 is 5.32 Å². The Morgan fingerprint density at radius 2 is 2.12 bits per heavy atom. The van der Waals surface area contributed by atoms with E-state index in [2.05, 4.69) is 30.9 Å². The molecule has 124 valence electrons. The minimum absolute atomic E-state index is 0.166. The van der Waals surface area contributed by atoms with Crippen LogP contribution >= 0.6 is 0 Å². The summed E-state index contributed by atoms with van der Waals surface area (Å²) < 4.78 is 1.76. The molecule has 1 amide bonds. The molecule has 2 N–H and O–H groups in total. The highest BCUT2D eigenvalue weighted by Crippen LogP contribution is 2.20. The lowest BCUT2D eigenvalue weighted by molar-refractivity contribution is 0.0933. The van der Waals surface area contributed by atoms with Crippen molar-refractivity contribution < 1.29 is 4.79 Å². The molecule has 0 saturated carbocycles. The summed E-state index contributed by atoms with van der Waals surface area (Å²) in [5, 5.41) is 17.0. The summed E-state index contributed by atoms with van der Waals surface area (Å²) in [4.78, 5) is 16.7. The van der Waals surface area contributed by atoms with Crippen molar-refractivity contribution >= 4 is 11.4 Å². The molecular weight excluding hydrogens is 318 g/mol. The summed E-state index contributed by atoms with van der Waals surface area (Å²) in [5.41, 5.74) is 3.20. The third-order valence-electron chi connectivity index (χ3n) is 4.02. The molecule has 0 aliphatic heterocycles. The van der Waals surface area contributed by atoms with Crippen LogP contribution in [-0.4, -0.2) is 35.9 Å². The zero-order valence-corrected chi connectivity index (χ0v) is 13.4. The molecular formula is C17H15N7O. The lowest BCUT2D eigenvalue weighted by Gasteiger charge is -2.15. The number of benzene rings is 1. The Balaban J connectivity index is 1.58. The van der Waals surface area contributed by atoms with Gasteiger partial charge in [-0.15, -0.1) is 10.2 Å². The number of nitrogens with one attached hydrogen (secondary N) is 2. The summed E-state index contributed by atoms with van der Waals surface area (Å²) in [6.45, 7) is 1.93. The zero-order chi connectivity index (χ0) is 17.2. The minimum atomic E-state index is -0.182. The third kappa shape index (κ3) is 2.85. The van der Waals surface area contributed by atoms with Gasteiger partial charge in [0, 0.05) is 5.56 Å². The summed E-state index contributed by atoms with van der Waals surface area (Å²) in [5.74, 6) is 0.352. The first-order valence-corrected chi connectivity index (χ1v) is 7.78. The second-order valence-electron chi connectivity index (χ2n) is 5.66. The van der Waals surface area contributed by atoms with Crippen LogP contribution in [-0.2, 0) is 0 Å². The molecule has 3 aromatic heterocycles. The quantitative estimate of drug-likeness (QED) is 0.595. The van der Waals surface area contributed by atoms with E-state index in [0.29, 0.717) is 11.5 Å². The van der Waals surface area contributed by atoms with Crippen molar-refractivity contribution in [3.8, 4) is 11.4 Å². The number of nitrogens with zero attached hydrogens (tertiary/aromatic N) is 5. The molecule has 3 heterocycles. The Morgan fingerprint density at radius 1 is 1.24 bits per heavy atom. The molecule has 0 radical (unpaired) electrons. The lowest BCUT2D eigenvalue weighted by atomic mass is 10.0. The normalized spacial score (nSPS) is 12.2. The number of tetrazole rings is 1. The molecule has 0 fully saturated rings. The van der Waals surface area contributed by atoms with Crippen LogP contribution in [0.5, 0.6) is 0 Å². The molecule has 0 aliphatic carbocycles. The van der Waals surface area contributed by atoms with Gasteiger partial charge in [0.15, 0.2) is 0 Å². The number of imidazole rings is 1. The molecule has 8 nitrogen and oxygen atoms in total. The van der Waals surface area contributed by atoms with Crippen molar-refractivity contribution in [2.24, 2.45) is 0 Å². The van der Waals surface area contributed by atoms with E-state index in [4.69, 9.17) is 0 Å². The maximum atomic E-state index is 12.7. The number of H-pyrrole nitrogens is 1. The number of pyridine rings is 1. The highest BCUT2D eigenvalue weighted by Gasteiger charge is 2.15. The predicted molar refractivity (Wildman–Crippen MR) is 90.7 cm³/mol. The molecule has 4 aromatic rings. The minimum Gasteiger partial charge on any atom is -0.344 e. The molecule has 4 rings (SSSR count). The maximum Gasteiger partial charge on any atom is 0.268 e. The van der Waals surface area contributed by atoms with E-state index in [-0.39, 0.29) is 11.9 Å². The van der Waals surface area contributed by atoms with E-state index < -0.39 is 0 Å². The van der Waals surface area contributed by atoms with E-state index in [9.17, 15) is 4.79 Å².